The molecule has 0 fully saturated rings. The van der Waals surface area contributed by atoms with Gasteiger partial charge < -0.3 is 15.2 Å². The van der Waals surface area contributed by atoms with Gasteiger partial charge in [-0.3, -0.25) is 4.79 Å². The molecule has 8 nitrogen and oxygen atoms in total. The van der Waals surface area contributed by atoms with Gasteiger partial charge in [-0.15, -0.1) is 0 Å². The normalized spacial score (nSPS) is 11.5. The number of imidazole rings is 1. The number of benzene rings is 1. The van der Waals surface area contributed by atoms with Crippen molar-refractivity contribution in [2.75, 3.05) is 19.6 Å². The maximum Gasteiger partial charge on any atom is 0.259 e. The van der Waals surface area contributed by atoms with E-state index in [0.717, 1.165) is 5.56 Å². The molecule has 27 heavy (non-hydrogen) atoms. The number of aromatic nitrogens is 2. The zero-order chi connectivity index (χ0) is 19.9. The smallest absolute Gasteiger partial charge is 0.259 e. The van der Waals surface area contributed by atoms with E-state index in [1.54, 1.807) is 23.4 Å². The Morgan fingerprint density at radius 1 is 1.30 bits per heavy atom. The van der Waals surface area contributed by atoms with Crippen LogP contribution in [-0.2, 0) is 28.4 Å². The molecule has 0 spiro atoms. The SMILES string of the molecule is Cc1nc(S(=O)(=O)NCCC(=O)N(CCCN)Cc2ccccc2)cn1C. The van der Waals surface area contributed by atoms with E-state index >= 15 is 0 Å². The third-order valence-corrected chi connectivity index (χ3v) is 5.53. The first-order chi connectivity index (χ1) is 12.8. The van der Waals surface area contributed by atoms with E-state index < -0.39 is 10.0 Å². The minimum Gasteiger partial charge on any atom is -0.338 e. The van der Waals surface area contributed by atoms with Crippen molar-refractivity contribution in [1.29, 1.82) is 0 Å². The van der Waals surface area contributed by atoms with E-state index in [1.165, 1.54) is 6.20 Å². The summed E-state index contributed by atoms with van der Waals surface area (Å²) in [6, 6.07) is 9.67. The number of carbonyl (C=O) groups is 1. The number of sulfonamides is 1. The highest BCUT2D eigenvalue weighted by molar-refractivity contribution is 7.89. The van der Waals surface area contributed by atoms with Crippen LogP contribution in [-0.4, -0.2) is 48.4 Å². The number of nitrogens with zero attached hydrogens (tertiary/aromatic N) is 3. The molecular weight excluding hydrogens is 366 g/mol. The van der Waals surface area contributed by atoms with E-state index in [0.29, 0.717) is 31.9 Å². The van der Waals surface area contributed by atoms with Crippen molar-refractivity contribution in [2.24, 2.45) is 12.8 Å². The van der Waals surface area contributed by atoms with Crippen LogP contribution in [0.5, 0.6) is 0 Å². The Balaban J connectivity index is 1.94. The zero-order valence-corrected chi connectivity index (χ0v) is 16.6. The van der Waals surface area contributed by atoms with E-state index in [2.05, 4.69) is 9.71 Å². The van der Waals surface area contributed by atoms with Crippen molar-refractivity contribution in [2.45, 2.75) is 31.3 Å². The van der Waals surface area contributed by atoms with E-state index in [1.807, 2.05) is 30.3 Å². The molecule has 0 saturated heterocycles. The van der Waals surface area contributed by atoms with Crippen LogP contribution < -0.4 is 10.5 Å². The Hall–Kier alpha value is -2.23. The summed E-state index contributed by atoms with van der Waals surface area (Å²) in [5.41, 5.74) is 6.59. The van der Waals surface area contributed by atoms with Crippen LogP contribution in [0.2, 0.25) is 0 Å². The van der Waals surface area contributed by atoms with Gasteiger partial charge in [0.1, 0.15) is 5.82 Å². The summed E-state index contributed by atoms with van der Waals surface area (Å²) in [5, 5.41) is -0.0424. The van der Waals surface area contributed by atoms with Crippen molar-refractivity contribution in [3.05, 3.63) is 47.9 Å². The van der Waals surface area contributed by atoms with Crippen LogP contribution in [0.1, 0.15) is 24.2 Å². The molecular formula is C18H27N5O3S. The maximum absolute atomic E-state index is 12.6. The van der Waals surface area contributed by atoms with Gasteiger partial charge in [0.25, 0.3) is 10.0 Å². The van der Waals surface area contributed by atoms with Gasteiger partial charge in [0.2, 0.25) is 5.91 Å². The number of rotatable bonds is 10. The van der Waals surface area contributed by atoms with Gasteiger partial charge in [0.05, 0.1) is 0 Å². The lowest BCUT2D eigenvalue weighted by atomic mass is 10.2. The monoisotopic (exact) mass is 393 g/mol. The summed E-state index contributed by atoms with van der Waals surface area (Å²) >= 11 is 0. The predicted molar refractivity (Wildman–Crippen MR) is 103 cm³/mol. The molecule has 1 heterocycles. The number of hydrogen-bond donors (Lipinski definition) is 2. The molecule has 3 N–H and O–H groups in total. The van der Waals surface area contributed by atoms with Crippen molar-refractivity contribution in [3.63, 3.8) is 0 Å². The highest BCUT2D eigenvalue weighted by Crippen LogP contribution is 2.09. The molecule has 0 aliphatic carbocycles. The van der Waals surface area contributed by atoms with Crippen molar-refractivity contribution in [1.82, 2.24) is 19.2 Å². The van der Waals surface area contributed by atoms with E-state index in [9.17, 15) is 13.2 Å². The van der Waals surface area contributed by atoms with E-state index in [4.69, 9.17) is 5.73 Å². The Morgan fingerprint density at radius 3 is 2.59 bits per heavy atom. The molecule has 0 aliphatic rings. The molecule has 0 saturated carbocycles. The number of nitrogens with two attached hydrogens (primary N) is 1. The Labute approximate surface area is 160 Å². The molecule has 0 atom stereocenters. The summed E-state index contributed by atoms with van der Waals surface area (Å²) in [5.74, 6) is 0.481. The lowest BCUT2D eigenvalue weighted by molar-refractivity contribution is -0.131. The van der Waals surface area contributed by atoms with Gasteiger partial charge in [0, 0.05) is 39.3 Å². The van der Waals surface area contributed by atoms with Crippen molar-refractivity contribution >= 4 is 15.9 Å². The quantitative estimate of drug-likeness (QED) is 0.620. The summed E-state index contributed by atoms with van der Waals surface area (Å²) in [7, 11) is -2.01. The topological polar surface area (TPSA) is 110 Å². The van der Waals surface area contributed by atoms with Gasteiger partial charge in [-0.1, -0.05) is 30.3 Å². The molecule has 148 valence electrons. The number of hydrogen-bond acceptors (Lipinski definition) is 5. The second kappa shape index (κ2) is 9.63. The van der Waals surface area contributed by atoms with Crippen molar-refractivity contribution < 1.29 is 13.2 Å². The third-order valence-electron chi connectivity index (χ3n) is 4.19. The van der Waals surface area contributed by atoms with Gasteiger partial charge in [0.15, 0.2) is 5.03 Å². The molecule has 1 aromatic heterocycles. The van der Waals surface area contributed by atoms with Crippen LogP contribution in [0.3, 0.4) is 0 Å². The largest absolute Gasteiger partial charge is 0.338 e. The molecule has 1 amide bonds. The number of carbonyl (C=O) groups excluding carboxylic acids is 1. The molecule has 2 rings (SSSR count). The van der Waals surface area contributed by atoms with Crippen LogP contribution in [0.25, 0.3) is 0 Å². The van der Waals surface area contributed by atoms with Crippen LogP contribution in [0, 0.1) is 6.92 Å². The average molecular weight is 394 g/mol. The van der Waals surface area contributed by atoms with Crippen LogP contribution in [0.15, 0.2) is 41.6 Å². The Morgan fingerprint density at radius 2 is 2.00 bits per heavy atom. The van der Waals surface area contributed by atoms with Gasteiger partial charge >= 0.3 is 0 Å². The highest BCUT2D eigenvalue weighted by atomic mass is 32.2. The lowest BCUT2D eigenvalue weighted by Gasteiger charge is -2.23. The summed E-state index contributed by atoms with van der Waals surface area (Å²) in [4.78, 5) is 18.3. The summed E-state index contributed by atoms with van der Waals surface area (Å²) in [6.45, 7) is 3.25. The minimum absolute atomic E-state index is 0.0186. The first kappa shape index (κ1) is 21.1. The molecule has 0 aliphatic heterocycles. The van der Waals surface area contributed by atoms with Crippen molar-refractivity contribution in [3.8, 4) is 0 Å². The maximum atomic E-state index is 12.6. The Bertz CT molecular complexity index is 830. The lowest BCUT2D eigenvalue weighted by Crippen LogP contribution is -2.35. The molecule has 2 aromatic rings. The Kier molecular flexibility index (Phi) is 7.52. The molecule has 9 heteroatoms. The fraction of sp³-hybridized carbons (Fsp3) is 0.444. The fourth-order valence-corrected chi connectivity index (χ4v) is 3.63. The third kappa shape index (κ3) is 6.16. The van der Waals surface area contributed by atoms with E-state index in [-0.39, 0.29) is 23.9 Å². The van der Waals surface area contributed by atoms with Crippen LogP contribution in [0.4, 0.5) is 0 Å². The van der Waals surface area contributed by atoms with Gasteiger partial charge in [-0.05, 0) is 25.5 Å². The highest BCUT2D eigenvalue weighted by Gasteiger charge is 2.20. The van der Waals surface area contributed by atoms with Gasteiger partial charge in [-0.25, -0.2) is 18.1 Å². The number of aryl methyl sites for hydroxylation is 2. The first-order valence-electron chi connectivity index (χ1n) is 8.85. The predicted octanol–water partition coefficient (Wildman–Crippen LogP) is 0.775. The molecule has 1 aromatic carbocycles. The van der Waals surface area contributed by atoms with Crippen LogP contribution >= 0.6 is 0 Å². The first-order valence-corrected chi connectivity index (χ1v) is 10.3. The average Bonchev–Trinajstić information content (AvgIpc) is 2.99. The number of amides is 1. The molecule has 0 radical (unpaired) electrons. The summed E-state index contributed by atoms with van der Waals surface area (Å²) < 4.78 is 28.6. The minimum atomic E-state index is -3.73. The standard InChI is InChI=1S/C18H27N5O3S/c1-15-21-17(14-22(15)2)27(25,26)20-11-9-18(24)23(12-6-10-19)13-16-7-4-3-5-8-16/h3-5,7-8,14,20H,6,9-13,19H2,1-2H3. The number of nitrogens with one attached hydrogen (secondary N) is 1. The second-order valence-electron chi connectivity index (χ2n) is 6.33. The van der Waals surface area contributed by atoms with Gasteiger partial charge in [-0.2, -0.15) is 0 Å². The summed E-state index contributed by atoms with van der Waals surface area (Å²) in [6.07, 6.45) is 2.21. The molecule has 0 unspecified atom stereocenters. The second-order valence-corrected chi connectivity index (χ2v) is 8.04. The zero-order valence-electron chi connectivity index (χ0n) is 15.8. The fourth-order valence-electron chi connectivity index (χ4n) is 2.56. The molecule has 0 bridgehead atoms.